The van der Waals surface area contributed by atoms with Gasteiger partial charge in [0.05, 0.1) is 6.54 Å². The van der Waals surface area contributed by atoms with E-state index < -0.39 is 29.8 Å². The molecule has 1 aromatic rings. The lowest BCUT2D eigenvalue weighted by Crippen LogP contribution is -2.49. The number of hydrogen-bond donors (Lipinski definition) is 1. The van der Waals surface area contributed by atoms with Crippen molar-refractivity contribution in [3.63, 3.8) is 0 Å². The predicted molar refractivity (Wildman–Crippen MR) is 104 cm³/mol. The number of piperidine rings is 1. The molecule has 1 atom stereocenters. The van der Waals surface area contributed by atoms with E-state index in [4.69, 9.17) is 11.6 Å². The van der Waals surface area contributed by atoms with E-state index in [0.717, 1.165) is 17.0 Å². The topological polar surface area (TPSA) is 52.7 Å². The Hall–Kier alpha value is -1.87. The number of nitrogens with zero attached hydrogens (tertiary/aromatic N) is 2. The molecule has 0 aromatic heterocycles. The lowest BCUT2D eigenvalue weighted by Gasteiger charge is -2.34. The van der Waals surface area contributed by atoms with E-state index in [1.54, 1.807) is 0 Å². The van der Waals surface area contributed by atoms with Gasteiger partial charge in [-0.15, -0.1) is 0 Å². The first kappa shape index (κ1) is 22.8. The van der Waals surface area contributed by atoms with Crippen LogP contribution >= 0.6 is 11.6 Å². The fourth-order valence-electron chi connectivity index (χ4n) is 4.06. The van der Waals surface area contributed by atoms with E-state index in [9.17, 15) is 27.2 Å². The van der Waals surface area contributed by atoms with Gasteiger partial charge >= 0.3 is 6.18 Å². The molecule has 0 radical (unpaired) electrons. The maximum atomic E-state index is 13.4. The number of rotatable bonds is 5. The Morgan fingerprint density at radius 3 is 2.43 bits per heavy atom. The van der Waals surface area contributed by atoms with Gasteiger partial charge in [0, 0.05) is 23.7 Å². The summed E-state index contributed by atoms with van der Waals surface area (Å²) in [6.45, 7) is 1.67. The molecule has 5 nitrogen and oxygen atoms in total. The van der Waals surface area contributed by atoms with Crippen LogP contribution in [0.25, 0.3) is 0 Å². The summed E-state index contributed by atoms with van der Waals surface area (Å²) in [4.78, 5) is 27.4. The minimum Gasteiger partial charge on any atom is -0.352 e. The molecule has 2 heterocycles. The molecule has 0 saturated carbocycles. The van der Waals surface area contributed by atoms with Crippen LogP contribution in [-0.4, -0.2) is 66.6 Å². The highest BCUT2D eigenvalue weighted by molar-refractivity contribution is 6.31. The van der Waals surface area contributed by atoms with Crippen LogP contribution in [0.15, 0.2) is 18.2 Å². The van der Waals surface area contributed by atoms with E-state index in [0.29, 0.717) is 38.9 Å². The number of hydrogen-bond acceptors (Lipinski definition) is 3. The number of nitrogens with one attached hydrogen (secondary N) is 1. The first-order chi connectivity index (χ1) is 14.1. The second kappa shape index (κ2) is 9.51. The molecule has 30 heavy (non-hydrogen) atoms. The van der Waals surface area contributed by atoms with Crippen molar-refractivity contribution in [2.45, 2.75) is 37.9 Å². The van der Waals surface area contributed by atoms with Crippen LogP contribution in [0.3, 0.4) is 0 Å². The summed E-state index contributed by atoms with van der Waals surface area (Å²) in [5.41, 5.74) is 0.146. The third kappa shape index (κ3) is 5.85. The summed E-state index contributed by atoms with van der Waals surface area (Å²) in [6, 6.07) is 1.95. The minimum atomic E-state index is -4.39. The standard InChI is InChI=1S/C20H24ClF4N3O2/c21-15-8-14(9-16(22)10-15)19(30)26-11-13-3-6-27(7-4-13)12-18(29)28-5-1-2-17(28)20(23,24)25/h8-10,13,17H,1-7,11-12H2,(H,26,30)/t17-/m1/s1. The van der Waals surface area contributed by atoms with Crippen molar-refractivity contribution < 1.29 is 27.2 Å². The Balaban J connectivity index is 1.42. The molecule has 2 aliphatic heterocycles. The number of carbonyl (C=O) groups excluding carboxylic acids is 2. The average molecular weight is 450 g/mol. The largest absolute Gasteiger partial charge is 0.408 e. The van der Waals surface area contributed by atoms with Crippen LogP contribution < -0.4 is 5.32 Å². The zero-order valence-electron chi connectivity index (χ0n) is 16.4. The van der Waals surface area contributed by atoms with E-state index in [-0.39, 0.29) is 36.0 Å². The van der Waals surface area contributed by atoms with Gasteiger partial charge < -0.3 is 10.2 Å². The molecule has 166 valence electrons. The number of carbonyl (C=O) groups is 2. The number of benzene rings is 1. The smallest absolute Gasteiger partial charge is 0.352 e. The fourth-order valence-corrected chi connectivity index (χ4v) is 4.28. The summed E-state index contributed by atoms with van der Waals surface area (Å²) < 4.78 is 52.5. The average Bonchev–Trinajstić information content (AvgIpc) is 3.17. The van der Waals surface area contributed by atoms with E-state index in [1.165, 1.54) is 6.07 Å². The van der Waals surface area contributed by atoms with Crippen LogP contribution in [0.2, 0.25) is 5.02 Å². The zero-order valence-corrected chi connectivity index (χ0v) is 17.1. The summed E-state index contributed by atoms with van der Waals surface area (Å²) in [5.74, 6) is -1.30. The Bertz CT molecular complexity index is 762. The van der Waals surface area contributed by atoms with Crippen LogP contribution in [0.1, 0.15) is 36.0 Å². The maximum Gasteiger partial charge on any atom is 0.408 e. The SMILES string of the molecule is O=C(NCC1CCN(CC(=O)N2CCC[C@@H]2C(F)(F)F)CC1)c1cc(F)cc(Cl)c1. The van der Waals surface area contributed by atoms with Crippen LogP contribution in [0.4, 0.5) is 17.6 Å². The molecule has 1 aromatic carbocycles. The van der Waals surface area contributed by atoms with Crippen molar-refractivity contribution in [1.82, 2.24) is 15.1 Å². The van der Waals surface area contributed by atoms with Crippen molar-refractivity contribution in [3.8, 4) is 0 Å². The van der Waals surface area contributed by atoms with Crippen molar-refractivity contribution >= 4 is 23.4 Å². The highest BCUT2D eigenvalue weighted by Crippen LogP contribution is 2.32. The zero-order chi connectivity index (χ0) is 21.9. The number of halogens is 5. The van der Waals surface area contributed by atoms with Gasteiger partial charge in [-0.05, 0) is 62.9 Å². The molecular formula is C20H24ClF4N3O2. The van der Waals surface area contributed by atoms with Crippen molar-refractivity contribution in [3.05, 3.63) is 34.6 Å². The van der Waals surface area contributed by atoms with Gasteiger partial charge in [0.25, 0.3) is 5.91 Å². The minimum absolute atomic E-state index is 0.0204. The first-order valence-electron chi connectivity index (χ1n) is 9.96. The molecule has 1 N–H and O–H groups in total. The van der Waals surface area contributed by atoms with Gasteiger partial charge in [0.2, 0.25) is 5.91 Å². The Morgan fingerprint density at radius 2 is 1.80 bits per heavy atom. The fraction of sp³-hybridized carbons (Fsp3) is 0.600. The lowest BCUT2D eigenvalue weighted by molar-refractivity contribution is -0.183. The number of amides is 2. The molecular weight excluding hydrogens is 426 g/mol. The predicted octanol–water partition coefficient (Wildman–Crippen LogP) is 3.47. The third-order valence-corrected chi connectivity index (χ3v) is 5.91. The molecule has 10 heteroatoms. The summed E-state index contributed by atoms with van der Waals surface area (Å²) in [5, 5.41) is 2.91. The maximum absolute atomic E-state index is 13.4. The van der Waals surface area contributed by atoms with Gasteiger partial charge in [0.15, 0.2) is 0 Å². The van der Waals surface area contributed by atoms with Gasteiger partial charge in [0.1, 0.15) is 11.9 Å². The second-order valence-corrected chi connectivity index (χ2v) is 8.31. The quantitative estimate of drug-likeness (QED) is 0.700. The number of likely N-dealkylation sites (tertiary alicyclic amines) is 2. The molecule has 3 rings (SSSR count). The highest BCUT2D eigenvalue weighted by atomic mass is 35.5. The monoisotopic (exact) mass is 449 g/mol. The van der Waals surface area contributed by atoms with Crippen molar-refractivity contribution in [2.75, 3.05) is 32.7 Å². The Kier molecular flexibility index (Phi) is 7.23. The van der Waals surface area contributed by atoms with Crippen molar-refractivity contribution in [2.24, 2.45) is 5.92 Å². The van der Waals surface area contributed by atoms with E-state index in [2.05, 4.69) is 5.32 Å². The third-order valence-electron chi connectivity index (χ3n) is 5.69. The molecule has 0 unspecified atom stereocenters. The summed E-state index contributed by atoms with van der Waals surface area (Å²) >= 11 is 5.76. The van der Waals surface area contributed by atoms with Gasteiger partial charge in [-0.1, -0.05) is 11.6 Å². The summed E-state index contributed by atoms with van der Waals surface area (Å²) in [6.07, 6.45) is -2.63. The van der Waals surface area contributed by atoms with Crippen LogP contribution in [-0.2, 0) is 4.79 Å². The molecule has 0 bridgehead atoms. The molecule has 2 saturated heterocycles. The molecule has 2 fully saturated rings. The molecule has 0 spiro atoms. The lowest BCUT2D eigenvalue weighted by atomic mass is 9.96. The molecule has 2 amide bonds. The van der Waals surface area contributed by atoms with Gasteiger partial charge in [-0.25, -0.2) is 4.39 Å². The van der Waals surface area contributed by atoms with Gasteiger partial charge in [-0.2, -0.15) is 13.2 Å². The van der Waals surface area contributed by atoms with E-state index >= 15 is 0 Å². The first-order valence-corrected chi connectivity index (χ1v) is 10.3. The molecule has 0 aliphatic carbocycles. The highest BCUT2D eigenvalue weighted by Gasteiger charge is 2.47. The molecule has 2 aliphatic rings. The van der Waals surface area contributed by atoms with Crippen LogP contribution in [0.5, 0.6) is 0 Å². The number of alkyl halides is 3. The van der Waals surface area contributed by atoms with E-state index in [1.807, 2.05) is 4.90 Å². The normalized spacial score (nSPS) is 21.1. The van der Waals surface area contributed by atoms with Gasteiger partial charge in [-0.3, -0.25) is 14.5 Å². The summed E-state index contributed by atoms with van der Waals surface area (Å²) in [7, 11) is 0. The van der Waals surface area contributed by atoms with Crippen LogP contribution in [0, 0.1) is 11.7 Å². The Morgan fingerprint density at radius 1 is 1.10 bits per heavy atom. The van der Waals surface area contributed by atoms with Crippen molar-refractivity contribution in [1.29, 1.82) is 0 Å². The Labute approximate surface area is 177 Å². The second-order valence-electron chi connectivity index (χ2n) is 7.87.